The monoisotopic (exact) mass is 392 g/mol. The van der Waals surface area contributed by atoms with Crippen LogP contribution in [-0.2, 0) is 11.2 Å². The van der Waals surface area contributed by atoms with Gasteiger partial charge in [0.15, 0.2) is 0 Å². The molecule has 0 radical (unpaired) electrons. The topological polar surface area (TPSA) is 41.6 Å². The zero-order chi connectivity index (χ0) is 17.2. The van der Waals surface area contributed by atoms with E-state index in [1.54, 1.807) is 0 Å². The van der Waals surface area contributed by atoms with E-state index in [9.17, 15) is 4.79 Å². The molecule has 6 heteroatoms. The van der Waals surface area contributed by atoms with E-state index in [0.717, 1.165) is 36.4 Å². The predicted molar refractivity (Wildman–Crippen MR) is 105 cm³/mol. The molecule has 1 N–H and O–H groups in total. The van der Waals surface area contributed by atoms with Crippen LogP contribution in [0.2, 0.25) is 5.02 Å². The summed E-state index contributed by atoms with van der Waals surface area (Å²) < 4.78 is 5.82. The number of fused-ring (bicyclic) bond motifs is 1. The zero-order valence-electron chi connectivity index (χ0n) is 14.4. The molecule has 4 nitrogen and oxygen atoms in total. The Morgan fingerprint density at radius 3 is 2.88 bits per heavy atom. The second-order valence-electron chi connectivity index (χ2n) is 6.63. The van der Waals surface area contributed by atoms with Crippen molar-refractivity contribution < 1.29 is 9.53 Å². The van der Waals surface area contributed by atoms with Crippen molar-refractivity contribution in [3.05, 3.63) is 64.7 Å². The number of halogens is 2. The Morgan fingerprint density at radius 1 is 1.19 bits per heavy atom. The summed E-state index contributed by atoms with van der Waals surface area (Å²) in [6, 6.07) is 15.8. The molecule has 2 aromatic carbocycles. The third-order valence-corrected chi connectivity index (χ3v) is 5.22. The van der Waals surface area contributed by atoms with E-state index in [1.807, 2.05) is 53.4 Å². The molecule has 0 spiro atoms. The number of hydrogen-bond acceptors (Lipinski definition) is 3. The summed E-state index contributed by atoms with van der Waals surface area (Å²) in [5, 5.41) is 4.09. The van der Waals surface area contributed by atoms with E-state index in [-0.39, 0.29) is 30.3 Å². The van der Waals surface area contributed by atoms with Crippen LogP contribution in [0.4, 0.5) is 0 Å². The molecule has 1 saturated heterocycles. The molecule has 26 heavy (non-hydrogen) atoms. The first-order valence-electron chi connectivity index (χ1n) is 8.70. The number of rotatable bonds is 2. The number of ether oxygens (including phenoxy) is 1. The lowest BCUT2D eigenvalue weighted by atomic mass is 9.93. The van der Waals surface area contributed by atoms with Gasteiger partial charge in [-0.1, -0.05) is 41.9 Å². The van der Waals surface area contributed by atoms with Gasteiger partial charge in [0.2, 0.25) is 5.91 Å². The van der Waals surface area contributed by atoms with Gasteiger partial charge in [-0.3, -0.25) is 4.79 Å². The fourth-order valence-electron chi connectivity index (χ4n) is 3.70. The highest BCUT2D eigenvalue weighted by atomic mass is 35.5. The van der Waals surface area contributed by atoms with Gasteiger partial charge in [-0.05, 0) is 35.7 Å². The minimum absolute atomic E-state index is 0. The number of carbonyl (C=O) groups excluding carboxylic acids is 1. The molecule has 0 aromatic heterocycles. The van der Waals surface area contributed by atoms with Gasteiger partial charge < -0.3 is 15.0 Å². The molecule has 0 saturated carbocycles. The Labute approximate surface area is 164 Å². The Bertz CT molecular complexity index is 784. The fourth-order valence-corrected chi connectivity index (χ4v) is 3.90. The van der Waals surface area contributed by atoms with Crippen LogP contribution in [0.25, 0.3) is 0 Å². The molecule has 1 fully saturated rings. The van der Waals surface area contributed by atoms with Crippen LogP contribution in [0.1, 0.15) is 17.2 Å². The smallest absolute Gasteiger partial charge is 0.230 e. The van der Waals surface area contributed by atoms with E-state index in [2.05, 4.69) is 5.32 Å². The maximum absolute atomic E-state index is 13.2. The summed E-state index contributed by atoms with van der Waals surface area (Å²) in [5.74, 6) is 0.939. The summed E-state index contributed by atoms with van der Waals surface area (Å²) in [5.41, 5.74) is 2.19. The Balaban J connectivity index is 0.00000196. The summed E-state index contributed by atoms with van der Waals surface area (Å²) in [6.45, 7) is 2.71. The van der Waals surface area contributed by atoms with Gasteiger partial charge in [0.05, 0.1) is 12.0 Å². The lowest BCUT2D eigenvalue weighted by Gasteiger charge is -2.39. The largest absolute Gasteiger partial charge is 0.492 e. The van der Waals surface area contributed by atoms with Crippen molar-refractivity contribution in [1.82, 2.24) is 10.2 Å². The van der Waals surface area contributed by atoms with Crippen LogP contribution in [-0.4, -0.2) is 37.0 Å². The lowest BCUT2D eigenvalue weighted by Crippen LogP contribution is -2.51. The van der Waals surface area contributed by atoms with E-state index < -0.39 is 0 Å². The summed E-state index contributed by atoms with van der Waals surface area (Å²) in [7, 11) is 0. The number of carbonyl (C=O) groups is 1. The van der Waals surface area contributed by atoms with Crippen LogP contribution in [0, 0.1) is 5.92 Å². The minimum Gasteiger partial charge on any atom is -0.492 e. The number of nitrogens with zero attached hydrogens (tertiary/aromatic N) is 1. The average molecular weight is 393 g/mol. The normalized spacial score (nSPS) is 22.0. The van der Waals surface area contributed by atoms with Crippen LogP contribution >= 0.6 is 24.0 Å². The fraction of sp³-hybridized carbons (Fsp3) is 0.350. The maximum atomic E-state index is 13.2. The number of piperazine rings is 1. The number of benzene rings is 2. The van der Waals surface area contributed by atoms with Crippen molar-refractivity contribution in [2.75, 3.05) is 26.2 Å². The molecule has 2 aliphatic rings. The SMILES string of the molecule is Cl.O=C(C1COc2ccccc2C1)N1CCNCC1c1cccc(Cl)c1. The molecule has 0 bridgehead atoms. The van der Waals surface area contributed by atoms with Gasteiger partial charge in [-0.15, -0.1) is 12.4 Å². The van der Waals surface area contributed by atoms with Gasteiger partial charge >= 0.3 is 0 Å². The summed E-state index contributed by atoms with van der Waals surface area (Å²) in [6.07, 6.45) is 0.737. The molecule has 138 valence electrons. The Morgan fingerprint density at radius 2 is 2.04 bits per heavy atom. The Hall–Kier alpha value is -1.75. The summed E-state index contributed by atoms with van der Waals surface area (Å²) in [4.78, 5) is 15.2. The third-order valence-electron chi connectivity index (χ3n) is 4.99. The number of nitrogens with one attached hydrogen (secondary N) is 1. The standard InChI is InChI=1S/C20H21ClN2O2.ClH/c21-17-6-3-5-14(11-17)18-12-22-8-9-23(18)20(24)16-10-15-4-1-2-7-19(15)25-13-16;/h1-7,11,16,18,22H,8-10,12-13H2;1H. The molecule has 1 amide bonds. The van der Waals surface area contributed by atoms with Crippen molar-refractivity contribution in [3.8, 4) is 5.75 Å². The van der Waals surface area contributed by atoms with Crippen LogP contribution < -0.4 is 10.1 Å². The average Bonchev–Trinajstić information content (AvgIpc) is 2.67. The highest BCUT2D eigenvalue weighted by Crippen LogP contribution is 2.31. The molecule has 0 aliphatic carbocycles. The molecule has 2 atom stereocenters. The van der Waals surface area contributed by atoms with Gasteiger partial charge in [0.25, 0.3) is 0 Å². The first kappa shape index (κ1) is 19.0. The zero-order valence-corrected chi connectivity index (χ0v) is 15.9. The van der Waals surface area contributed by atoms with E-state index >= 15 is 0 Å². The quantitative estimate of drug-likeness (QED) is 0.850. The molecule has 2 unspecified atom stereocenters. The van der Waals surface area contributed by atoms with Gasteiger partial charge in [0, 0.05) is 24.7 Å². The number of hydrogen-bond donors (Lipinski definition) is 1. The third kappa shape index (κ3) is 3.83. The lowest BCUT2D eigenvalue weighted by molar-refractivity contribution is -0.140. The maximum Gasteiger partial charge on any atom is 0.230 e. The number of amides is 1. The molecule has 2 aromatic rings. The second-order valence-corrected chi connectivity index (χ2v) is 7.06. The van der Waals surface area contributed by atoms with Crippen molar-refractivity contribution in [3.63, 3.8) is 0 Å². The van der Waals surface area contributed by atoms with Gasteiger partial charge in [-0.25, -0.2) is 0 Å². The van der Waals surface area contributed by atoms with Crippen molar-refractivity contribution in [2.45, 2.75) is 12.5 Å². The molecule has 2 heterocycles. The first-order valence-corrected chi connectivity index (χ1v) is 9.07. The molecule has 4 rings (SSSR count). The van der Waals surface area contributed by atoms with Gasteiger partial charge in [0.1, 0.15) is 12.4 Å². The van der Waals surface area contributed by atoms with Crippen LogP contribution in [0.15, 0.2) is 48.5 Å². The van der Waals surface area contributed by atoms with Crippen LogP contribution in [0.5, 0.6) is 5.75 Å². The van der Waals surface area contributed by atoms with Crippen molar-refractivity contribution in [2.24, 2.45) is 5.92 Å². The second kappa shape index (κ2) is 8.30. The van der Waals surface area contributed by atoms with Crippen LogP contribution in [0.3, 0.4) is 0 Å². The first-order chi connectivity index (χ1) is 12.2. The molecular weight excluding hydrogens is 371 g/mol. The van der Waals surface area contributed by atoms with E-state index in [1.165, 1.54) is 0 Å². The van der Waals surface area contributed by atoms with Crippen molar-refractivity contribution >= 4 is 29.9 Å². The minimum atomic E-state index is -0.130. The highest BCUT2D eigenvalue weighted by molar-refractivity contribution is 6.30. The van der Waals surface area contributed by atoms with Crippen molar-refractivity contribution in [1.29, 1.82) is 0 Å². The molecular formula is C20H22Cl2N2O2. The predicted octanol–water partition coefficient (Wildman–Crippen LogP) is 3.49. The number of para-hydroxylation sites is 1. The summed E-state index contributed by atoms with van der Waals surface area (Å²) >= 11 is 6.15. The van der Waals surface area contributed by atoms with E-state index in [4.69, 9.17) is 16.3 Å². The molecule has 2 aliphatic heterocycles. The van der Waals surface area contributed by atoms with Gasteiger partial charge in [-0.2, -0.15) is 0 Å². The highest BCUT2D eigenvalue weighted by Gasteiger charge is 2.34. The van der Waals surface area contributed by atoms with E-state index in [0.29, 0.717) is 18.2 Å². The Kier molecular flexibility index (Phi) is 6.07.